The molecule has 0 amide bonds. The van der Waals surface area contributed by atoms with Crippen LogP contribution in [0.3, 0.4) is 0 Å². The summed E-state index contributed by atoms with van der Waals surface area (Å²) in [6.07, 6.45) is 0. The van der Waals surface area contributed by atoms with E-state index in [1.54, 1.807) is 37.3 Å². The minimum atomic E-state index is -0.512. The molecule has 0 unspecified atom stereocenters. The molecule has 1 aliphatic rings. The number of hydrogen-bond acceptors (Lipinski definition) is 8. The fourth-order valence-electron chi connectivity index (χ4n) is 4.70. The summed E-state index contributed by atoms with van der Waals surface area (Å²) >= 11 is 0. The van der Waals surface area contributed by atoms with Crippen molar-refractivity contribution in [3.8, 4) is 16.9 Å². The van der Waals surface area contributed by atoms with Crippen molar-refractivity contribution in [3.63, 3.8) is 0 Å². The van der Waals surface area contributed by atoms with Gasteiger partial charge in [-0.3, -0.25) is 14.9 Å². The third-order valence-corrected chi connectivity index (χ3v) is 6.83. The van der Waals surface area contributed by atoms with E-state index in [9.17, 15) is 20.1 Å². The van der Waals surface area contributed by atoms with Gasteiger partial charge in [0.2, 0.25) is 0 Å². The van der Waals surface area contributed by atoms with Gasteiger partial charge < -0.3 is 14.8 Å². The van der Waals surface area contributed by atoms with Gasteiger partial charge in [0.25, 0.3) is 11.2 Å². The zero-order valence-corrected chi connectivity index (χ0v) is 21.6. The van der Waals surface area contributed by atoms with Crippen molar-refractivity contribution >= 4 is 33.4 Å². The van der Waals surface area contributed by atoms with Crippen molar-refractivity contribution in [2.45, 2.75) is 13.8 Å². The predicted octanol–water partition coefficient (Wildman–Crippen LogP) is 5.03. The molecule has 1 aromatic heterocycles. The Bertz CT molecular complexity index is 1700. The number of nitro groups is 1. The lowest BCUT2D eigenvalue weighted by Crippen LogP contribution is -2.36. The van der Waals surface area contributed by atoms with Crippen LogP contribution in [0.5, 0.6) is 0 Å². The highest BCUT2D eigenvalue weighted by atomic mass is 16.6. The number of morpholine rings is 1. The number of aromatic nitrogens is 2. The van der Waals surface area contributed by atoms with E-state index in [0.29, 0.717) is 59.6 Å². The van der Waals surface area contributed by atoms with Crippen LogP contribution in [0.1, 0.15) is 25.0 Å². The van der Waals surface area contributed by atoms with Crippen LogP contribution >= 0.6 is 0 Å². The number of rotatable bonds is 6. The number of fused-ring (bicyclic) bond motifs is 1. The largest absolute Gasteiger partial charge is 0.411 e. The molecule has 10 nitrogen and oxygen atoms in total. The predicted molar refractivity (Wildman–Crippen MR) is 151 cm³/mol. The van der Waals surface area contributed by atoms with E-state index in [4.69, 9.17) is 9.84 Å². The molecule has 39 heavy (non-hydrogen) atoms. The molecule has 0 atom stereocenters. The number of nitrogens with zero attached hydrogens (tertiary/aromatic N) is 5. The Morgan fingerprint density at radius 1 is 1.05 bits per heavy atom. The minimum absolute atomic E-state index is 0.0744. The molecule has 5 rings (SSSR count). The second-order valence-electron chi connectivity index (χ2n) is 9.41. The van der Waals surface area contributed by atoms with Crippen molar-refractivity contribution in [2.24, 2.45) is 5.16 Å². The lowest BCUT2D eigenvalue weighted by atomic mass is 9.96. The zero-order chi connectivity index (χ0) is 27.7. The van der Waals surface area contributed by atoms with Crippen LogP contribution in [-0.4, -0.2) is 51.9 Å². The number of anilines is 1. The van der Waals surface area contributed by atoms with Gasteiger partial charge in [0.05, 0.1) is 34.9 Å². The quantitative estimate of drug-likeness (QED) is 0.162. The number of hydrogen-bond donors (Lipinski definition) is 1. The lowest BCUT2D eigenvalue weighted by Gasteiger charge is -2.29. The van der Waals surface area contributed by atoms with Crippen LogP contribution in [0.25, 0.3) is 33.3 Å². The monoisotopic (exact) mass is 525 g/mol. The first kappa shape index (κ1) is 25.8. The molecule has 0 spiro atoms. The number of nitro benzene ring substituents is 1. The second-order valence-corrected chi connectivity index (χ2v) is 9.41. The maximum atomic E-state index is 13.7. The fraction of sp³-hybridized carbons (Fsp3) is 0.207. The van der Waals surface area contributed by atoms with Gasteiger partial charge in [0, 0.05) is 41.4 Å². The molecule has 10 heteroatoms. The van der Waals surface area contributed by atoms with Gasteiger partial charge in [-0.15, -0.1) is 0 Å². The SMILES string of the molecule is C=C(C)c1cc(/C(C)=N/O)cc(-c2nn(-c3cc(N4CCOCC4)ccc3[N+](=O)[O-])c(=O)c3ccccc23)c1. The Morgan fingerprint density at radius 3 is 2.41 bits per heavy atom. The molecule has 1 saturated heterocycles. The third-order valence-electron chi connectivity index (χ3n) is 6.83. The summed E-state index contributed by atoms with van der Waals surface area (Å²) in [5.74, 6) is 0. The number of oxime groups is 1. The van der Waals surface area contributed by atoms with Crippen LogP contribution in [-0.2, 0) is 4.74 Å². The molecule has 1 aliphatic heterocycles. The molecular weight excluding hydrogens is 498 g/mol. The average Bonchev–Trinajstić information content (AvgIpc) is 2.97. The van der Waals surface area contributed by atoms with E-state index in [2.05, 4.69) is 16.6 Å². The summed E-state index contributed by atoms with van der Waals surface area (Å²) in [7, 11) is 0. The Morgan fingerprint density at radius 2 is 1.74 bits per heavy atom. The van der Waals surface area contributed by atoms with Crippen molar-refractivity contribution in [2.75, 3.05) is 31.2 Å². The number of benzene rings is 3. The topological polar surface area (TPSA) is 123 Å². The highest BCUT2D eigenvalue weighted by molar-refractivity contribution is 6.01. The van der Waals surface area contributed by atoms with E-state index in [-0.39, 0.29) is 11.4 Å². The molecule has 0 aliphatic carbocycles. The standard InChI is InChI=1S/C29H27N5O5/c1-18(2)20-14-21(19(3)31-36)16-22(15-20)28-24-6-4-5-7-25(24)29(35)33(30-28)27-17-23(8-9-26(27)34(37)38)32-10-12-39-13-11-32/h4-9,14-17,36H,1,10-13H2,2-3H3/b31-19+. The van der Waals surface area contributed by atoms with Crippen molar-refractivity contribution in [1.29, 1.82) is 0 Å². The van der Waals surface area contributed by atoms with Crippen LogP contribution in [0, 0.1) is 10.1 Å². The smallest absolute Gasteiger partial charge is 0.295 e. The molecule has 0 radical (unpaired) electrons. The summed E-state index contributed by atoms with van der Waals surface area (Å²) in [6.45, 7) is 9.93. The summed E-state index contributed by atoms with van der Waals surface area (Å²) in [4.78, 5) is 27.4. The van der Waals surface area contributed by atoms with Crippen LogP contribution in [0.15, 0.2) is 77.2 Å². The molecule has 1 fully saturated rings. The third kappa shape index (κ3) is 4.89. The molecule has 198 valence electrons. The first-order valence-electron chi connectivity index (χ1n) is 12.4. The Hall–Kier alpha value is -4.83. The first-order chi connectivity index (χ1) is 18.8. The van der Waals surface area contributed by atoms with Crippen molar-refractivity contribution in [3.05, 3.63) is 98.8 Å². The highest BCUT2D eigenvalue weighted by Gasteiger charge is 2.23. The molecule has 0 saturated carbocycles. The van der Waals surface area contributed by atoms with Gasteiger partial charge >= 0.3 is 0 Å². The van der Waals surface area contributed by atoms with Gasteiger partial charge in [0.15, 0.2) is 0 Å². The average molecular weight is 526 g/mol. The Labute approximate surface area is 224 Å². The first-order valence-corrected chi connectivity index (χ1v) is 12.4. The van der Waals surface area contributed by atoms with Gasteiger partial charge in [-0.05, 0) is 55.8 Å². The maximum absolute atomic E-state index is 13.7. The molecule has 1 N–H and O–H groups in total. The van der Waals surface area contributed by atoms with Crippen LogP contribution in [0.4, 0.5) is 11.4 Å². The van der Waals surface area contributed by atoms with E-state index in [1.807, 2.05) is 31.2 Å². The van der Waals surface area contributed by atoms with Crippen LogP contribution < -0.4 is 10.5 Å². The van der Waals surface area contributed by atoms with Crippen LogP contribution in [0.2, 0.25) is 0 Å². The van der Waals surface area contributed by atoms with E-state index >= 15 is 0 Å². The van der Waals surface area contributed by atoms with Gasteiger partial charge in [-0.25, -0.2) is 0 Å². The summed E-state index contributed by atoms with van der Waals surface area (Å²) in [6, 6.07) is 17.3. The Kier molecular flexibility index (Phi) is 6.95. The van der Waals surface area contributed by atoms with Crippen molar-refractivity contribution < 1.29 is 14.9 Å². The van der Waals surface area contributed by atoms with Gasteiger partial charge in [-0.2, -0.15) is 9.78 Å². The molecule has 2 heterocycles. The zero-order valence-electron chi connectivity index (χ0n) is 21.6. The van der Waals surface area contributed by atoms with Crippen molar-refractivity contribution in [1.82, 2.24) is 9.78 Å². The molecule has 3 aromatic carbocycles. The summed E-state index contributed by atoms with van der Waals surface area (Å²) in [5.41, 5.74) is 3.83. The molecule has 4 aromatic rings. The number of ether oxygens (including phenoxy) is 1. The van der Waals surface area contributed by atoms with Gasteiger partial charge in [-0.1, -0.05) is 35.5 Å². The normalized spacial score (nSPS) is 14.0. The van der Waals surface area contributed by atoms with Gasteiger partial charge in [0.1, 0.15) is 5.69 Å². The summed E-state index contributed by atoms with van der Waals surface area (Å²) < 4.78 is 6.55. The summed E-state index contributed by atoms with van der Waals surface area (Å²) in [5, 5.41) is 30.5. The highest BCUT2D eigenvalue weighted by Crippen LogP contribution is 2.32. The van der Waals surface area contributed by atoms with E-state index in [0.717, 1.165) is 21.5 Å². The molecule has 0 bridgehead atoms. The lowest BCUT2D eigenvalue weighted by molar-refractivity contribution is -0.384. The van der Waals surface area contributed by atoms with E-state index in [1.165, 1.54) is 6.07 Å². The number of allylic oxidation sites excluding steroid dienone is 1. The molecular formula is C29H27N5O5. The minimum Gasteiger partial charge on any atom is -0.411 e. The maximum Gasteiger partial charge on any atom is 0.295 e. The fourth-order valence-corrected chi connectivity index (χ4v) is 4.70. The van der Waals surface area contributed by atoms with E-state index < -0.39 is 10.5 Å². The Balaban J connectivity index is 1.81. The second kappa shape index (κ2) is 10.5.